The monoisotopic (exact) mass is 548 g/mol. The van der Waals surface area contributed by atoms with Gasteiger partial charge in [-0.05, 0) is 68.8 Å². The number of benzene rings is 2. The van der Waals surface area contributed by atoms with Crippen molar-refractivity contribution in [3.8, 4) is 11.8 Å². The molecule has 41 heavy (non-hydrogen) atoms. The highest BCUT2D eigenvalue weighted by molar-refractivity contribution is 6.04. The molecule has 1 amide bonds. The number of rotatable bonds is 7. The normalized spacial score (nSPS) is 13.9. The summed E-state index contributed by atoms with van der Waals surface area (Å²) in [7, 11) is 2.17. The molecule has 9 nitrogen and oxygen atoms in total. The molecular formula is C32H36N8O. The average molecular weight is 549 g/mol. The van der Waals surface area contributed by atoms with Gasteiger partial charge in [-0.3, -0.25) is 14.4 Å². The van der Waals surface area contributed by atoms with Crippen LogP contribution < -0.4 is 10.6 Å². The van der Waals surface area contributed by atoms with Crippen molar-refractivity contribution in [2.45, 2.75) is 33.9 Å². The number of nitrogens with one attached hydrogen (secondary N) is 2. The van der Waals surface area contributed by atoms with Crippen LogP contribution in [0.25, 0.3) is 0 Å². The number of carbonyl (C=O) groups excluding carboxylic acids is 1. The van der Waals surface area contributed by atoms with E-state index in [9.17, 15) is 4.79 Å². The second-order valence-electron chi connectivity index (χ2n) is 10.5. The second-order valence-corrected chi connectivity index (χ2v) is 10.5. The van der Waals surface area contributed by atoms with Crippen molar-refractivity contribution in [2.75, 3.05) is 43.9 Å². The third-order valence-electron chi connectivity index (χ3n) is 7.30. The van der Waals surface area contributed by atoms with Crippen molar-refractivity contribution in [1.29, 1.82) is 0 Å². The molecule has 0 radical (unpaired) electrons. The zero-order valence-corrected chi connectivity index (χ0v) is 24.1. The molecule has 0 aliphatic carbocycles. The molecule has 2 N–H and O–H groups in total. The fourth-order valence-electron chi connectivity index (χ4n) is 4.63. The number of anilines is 3. The lowest BCUT2D eigenvalue weighted by Gasteiger charge is -2.32. The summed E-state index contributed by atoms with van der Waals surface area (Å²) in [6, 6.07) is 11.7. The fraction of sp³-hybridized carbons (Fsp3) is 0.312. The molecule has 1 saturated heterocycles. The molecule has 0 spiro atoms. The van der Waals surface area contributed by atoms with Gasteiger partial charge in [0.25, 0.3) is 5.91 Å². The van der Waals surface area contributed by atoms with Gasteiger partial charge < -0.3 is 15.5 Å². The lowest BCUT2D eigenvalue weighted by atomic mass is 10.0. The van der Waals surface area contributed by atoms with E-state index in [0.29, 0.717) is 17.1 Å². The van der Waals surface area contributed by atoms with Crippen LogP contribution in [0.15, 0.2) is 61.2 Å². The van der Waals surface area contributed by atoms with Crippen LogP contribution in [0.2, 0.25) is 0 Å². The Balaban J connectivity index is 1.22. The summed E-state index contributed by atoms with van der Waals surface area (Å²) in [6.07, 6.45) is 6.98. The molecule has 9 heteroatoms. The molecule has 1 fully saturated rings. The van der Waals surface area contributed by atoms with Crippen molar-refractivity contribution in [2.24, 2.45) is 0 Å². The van der Waals surface area contributed by atoms with Crippen LogP contribution in [-0.2, 0) is 13.1 Å². The van der Waals surface area contributed by atoms with E-state index in [-0.39, 0.29) is 5.91 Å². The van der Waals surface area contributed by atoms with Crippen LogP contribution in [0.1, 0.15) is 45.1 Å². The Kier molecular flexibility index (Phi) is 8.73. The predicted molar refractivity (Wildman–Crippen MR) is 162 cm³/mol. The minimum Gasteiger partial charge on any atom is -0.322 e. The zero-order chi connectivity index (χ0) is 28.8. The van der Waals surface area contributed by atoms with Crippen LogP contribution in [0.5, 0.6) is 0 Å². The van der Waals surface area contributed by atoms with Crippen molar-refractivity contribution in [1.82, 2.24) is 29.5 Å². The molecule has 210 valence electrons. The van der Waals surface area contributed by atoms with Gasteiger partial charge in [-0.25, -0.2) is 9.97 Å². The number of hydrogen-bond acceptors (Lipinski definition) is 7. The first-order valence-corrected chi connectivity index (χ1v) is 13.9. The van der Waals surface area contributed by atoms with E-state index in [2.05, 4.69) is 67.4 Å². The molecular weight excluding hydrogens is 512 g/mol. The highest BCUT2D eigenvalue weighted by atomic mass is 16.1. The molecule has 1 aliphatic heterocycles. The first kappa shape index (κ1) is 28.0. The highest BCUT2D eigenvalue weighted by Crippen LogP contribution is 2.19. The summed E-state index contributed by atoms with van der Waals surface area (Å²) in [5, 5.41) is 10.4. The highest BCUT2D eigenvalue weighted by Gasteiger charge is 2.15. The SMILES string of the molecule is CCn1cc(Nc2ncc(C#Cc3cc(C(=O)Nc4ccc(CN5CCN(C)CC5)c(C)c4)ccc3C)cn2)cn1. The number of nitrogens with zero attached hydrogens (tertiary/aromatic N) is 6. The van der Waals surface area contributed by atoms with Gasteiger partial charge in [0.05, 0.1) is 17.4 Å². The molecule has 1 aliphatic rings. The maximum atomic E-state index is 13.1. The molecule has 3 heterocycles. The van der Waals surface area contributed by atoms with Gasteiger partial charge in [0.15, 0.2) is 0 Å². The standard InChI is InChI=1S/C32H36N8O/c1-5-40-22-30(20-35-40)37-32-33-18-25(19-34-32)7-9-26-17-27(8-6-23(26)2)31(41)36-29-11-10-28(24(3)16-29)21-39-14-12-38(4)13-15-39/h6,8,10-11,16-20,22H,5,12-15,21H2,1-4H3,(H,36,41)(H,33,34,37). The number of aryl methyl sites for hydroxylation is 3. The largest absolute Gasteiger partial charge is 0.322 e. The molecule has 0 bridgehead atoms. The van der Waals surface area contributed by atoms with E-state index < -0.39 is 0 Å². The maximum absolute atomic E-state index is 13.1. The summed E-state index contributed by atoms with van der Waals surface area (Å²) in [5.74, 6) is 6.60. The molecule has 4 aromatic rings. The molecule has 2 aromatic carbocycles. The Hall–Kier alpha value is -4.52. The molecule has 2 aromatic heterocycles. The van der Waals surface area contributed by atoms with Gasteiger partial charge >= 0.3 is 0 Å². The Morgan fingerprint density at radius 3 is 2.41 bits per heavy atom. The Labute approximate surface area is 241 Å². The van der Waals surface area contributed by atoms with Crippen molar-refractivity contribution in [3.05, 3.63) is 94.6 Å². The summed E-state index contributed by atoms with van der Waals surface area (Å²) >= 11 is 0. The van der Waals surface area contributed by atoms with Crippen LogP contribution in [0.3, 0.4) is 0 Å². The van der Waals surface area contributed by atoms with Crippen LogP contribution >= 0.6 is 0 Å². The first-order valence-electron chi connectivity index (χ1n) is 13.9. The van der Waals surface area contributed by atoms with E-state index in [1.54, 1.807) is 18.6 Å². The molecule has 0 unspecified atom stereocenters. The Morgan fingerprint density at radius 1 is 0.927 bits per heavy atom. The third-order valence-corrected chi connectivity index (χ3v) is 7.30. The average Bonchev–Trinajstić information content (AvgIpc) is 3.43. The van der Waals surface area contributed by atoms with Gasteiger partial charge in [0.1, 0.15) is 0 Å². The second kappa shape index (κ2) is 12.8. The van der Waals surface area contributed by atoms with Gasteiger partial charge in [0.2, 0.25) is 5.95 Å². The zero-order valence-electron chi connectivity index (χ0n) is 24.1. The smallest absolute Gasteiger partial charge is 0.255 e. The lowest BCUT2D eigenvalue weighted by molar-refractivity contribution is 0.102. The minimum atomic E-state index is -0.163. The van der Waals surface area contributed by atoms with Crippen LogP contribution in [0, 0.1) is 25.7 Å². The third kappa shape index (κ3) is 7.37. The van der Waals surface area contributed by atoms with Crippen molar-refractivity contribution >= 4 is 23.2 Å². The lowest BCUT2D eigenvalue weighted by Crippen LogP contribution is -2.43. The number of amides is 1. The van der Waals surface area contributed by atoms with Crippen LogP contribution in [-0.4, -0.2) is 68.7 Å². The molecule has 0 saturated carbocycles. The van der Waals surface area contributed by atoms with E-state index in [1.165, 1.54) is 11.1 Å². The summed E-state index contributed by atoms with van der Waals surface area (Å²) in [4.78, 5) is 26.7. The van der Waals surface area contributed by atoms with Gasteiger partial charge in [-0.2, -0.15) is 5.10 Å². The van der Waals surface area contributed by atoms with Crippen molar-refractivity contribution in [3.63, 3.8) is 0 Å². The first-order chi connectivity index (χ1) is 19.9. The van der Waals surface area contributed by atoms with Crippen LogP contribution in [0.4, 0.5) is 17.3 Å². The quantitative estimate of drug-likeness (QED) is 0.330. The fourth-order valence-corrected chi connectivity index (χ4v) is 4.63. The van der Waals surface area contributed by atoms with E-state index in [0.717, 1.165) is 61.8 Å². The van der Waals surface area contributed by atoms with E-state index >= 15 is 0 Å². The number of hydrogen-bond donors (Lipinski definition) is 2. The minimum absolute atomic E-state index is 0.163. The Morgan fingerprint density at radius 2 is 1.71 bits per heavy atom. The molecule has 0 atom stereocenters. The molecule has 5 rings (SSSR count). The number of aromatic nitrogens is 4. The topological polar surface area (TPSA) is 91.2 Å². The van der Waals surface area contributed by atoms with E-state index in [1.807, 2.05) is 55.1 Å². The summed E-state index contributed by atoms with van der Waals surface area (Å²) in [6.45, 7) is 12.2. The number of piperazine rings is 1. The van der Waals surface area contributed by atoms with Gasteiger partial charge in [0, 0.05) is 74.7 Å². The van der Waals surface area contributed by atoms with Gasteiger partial charge in [-0.15, -0.1) is 0 Å². The summed E-state index contributed by atoms with van der Waals surface area (Å²) < 4.78 is 1.83. The number of carbonyl (C=O) groups is 1. The van der Waals surface area contributed by atoms with Crippen molar-refractivity contribution < 1.29 is 4.79 Å². The predicted octanol–water partition coefficient (Wildman–Crippen LogP) is 4.45. The summed E-state index contributed by atoms with van der Waals surface area (Å²) in [5.41, 5.74) is 7.10. The number of likely N-dealkylation sites (N-methyl/N-ethyl adjacent to an activating group) is 1. The van der Waals surface area contributed by atoms with Gasteiger partial charge in [-0.1, -0.05) is 24.0 Å². The van der Waals surface area contributed by atoms with E-state index in [4.69, 9.17) is 0 Å². The Bertz CT molecular complexity index is 1570. The maximum Gasteiger partial charge on any atom is 0.255 e.